The number of nitrogens with zero attached hydrogens (tertiary/aromatic N) is 4. The van der Waals surface area contributed by atoms with Gasteiger partial charge in [0.15, 0.2) is 5.78 Å². The van der Waals surface area contributed by atoms with E-state index in [9.17, 15) is 19.2 Å². The van der Waals surface area contributed by atoms with Crippen molar-refractivity contribution < 1.29 is 19.2 Å². The zero-order valence-corrected chi connectivity index (χ0v) is 24.5. The van der Waals surface area contributed by atoms with Gasteiger partial charge in [0.25, 0.3) is 0 Å². The fourth-order valence-corrected chi connectivity index (χ4v) is 6.99. The lowest BCUT2D eigenvalue weighted by Gasteiger charge is -2.26. The highest BCUT2D eigenvalue weighted by Crippen LogP contribution is 2.59. The van der Waals surface area contributed by atoms with Crippen LogP contribution in [-0.4, -0.2) is 68.6 Å². The fraction of sp³-hybridized carbons (Fsp3) is 0.500. The second-order valence-electron chi connectivity index (χ2n) is 12.2. The van der Waals surface area contributed by atoms with Crippen LogP contribution in [0.5, 0.6) is 0 Å². The van der Waals surface area contributed by atoms with Crippen LogP contribution in [0.25, 0.3) is 22.2 Å². The number of benzene rings is 1. The smallest absolute Gasteiger partial charge is 0.243 e. The van der Waals surface area contributed by atoms with Crippen molar-refractivity contribution in [2.75, 3.05) is 13.6 Å². The molecule has 2 aliphatic heterocycles. The van der Waals surface area contributed by atoms with Crippen LogP contribution in [0.3, 0.4) is 0 Å². The Morgan fingerprint density at radius 1 is 1.05 bits per heavy atom. The van der Waals surface area contributed by atoms with Gasteiger partial charge < -0.3 is 20.1 Å². The molecular formula is C32H38N6O4. The molecule has 1 saturated heterocycles. The van der Waals surface area contributed by atoms with Crippen molar-refractivity contribution in [2.24, 2.45) is 5.41 Å². The number of carbonyl (C=O) groups is 4. The Hall–Kier alpha value is -4.08. The van der Waals surface area contributed by atoms with Crippen molar-refractivity contribution in [1.82, 2.24) is 30.1 Å². The Bertz CT molecular complexity index is 1580. The summed E-state index contributed by atoms with van der Waals surface area (Å²) in [5.74, 6) is -0.397. The number of ketones is 1. The minimum atomic E-state index is -0.586. The summed E-state index contributed by atoms with van der Waals surface area (Å²) in [4.78, 5) is 63.2. The van der Waals surface area contributed by atoms with E-state index in [0.717, 1.165) is 71.9 Å². The van der Waals surface area contributed by atoms with E-state index in [-0.39, 0.29) is 41.5 Å². The van der Waals surface area contributed by atoms with Gasteiger partial charge in [-0.1, -0.05) is 12.8 Å². The summed E-state index contributed by atoms with van der Waals surface area (Å²) in [6, 6.07) is 3.40. The largest absolute Gasteiger partial charge is 0.357 e. The molecule has 0 radical (unpaired) electrons. The van der Waals surface area contributed by atoms with Gasteiger partial charge in [0, 0.05) is 60.4 Å². The summed E-state index contributed by atoms with van der Waals surface area (Å²) < 4.78 is 1.90. The average Bonchev–Trinajstić information content (AvgIpc) is 3.38. The van der Waals surface area contributed by atoms with E-state index in [1.807, 2.05) is 17.6 Å². The van der Waals surface area contributed by atoms with Gasteiger partial charge in [-0.05, 0) is 63.6 Å². The maximum atomic E-state index is 14.0. The van der Waals surface area contributed by atoms with Gasteiger partial charge >= 0.3 is 0 Å². The Kier molecular flexibility index (Phi) is 7.32. The lowest BCUT2D eigenvalue weighted by Crippen LogP contribution is -2.48. The zero-order chi connectivity index (χ0) is 29.6. The lowest BCUT2D eigenvalue weighted by atomic mass is 9.97. The Morgan fingerprint density at radius 2 is 1.83 bits per heavy atom. The van der Waals surface area contributed by atoms with Gasteiger partial charge in [0.1, 0.15) is 12.6 Å². The molecule has 2 aromatic heterocycles. The quantitative estimate of drug-likeness (QED) is 0.465. The Labute approximate surface area is 245 Å². The Morgan fingerprint density at radius 3 is 2.55 bits per heavy atom. The lowest BCUT2D eigenvalue weighted by molar-refractivity contribution is -0.140. The van der Waals surface area contributed by atoms with Crippen LogP contribution in [0.15, 0.2) is 30.7 Å². The summed E-state index contributed by atoms with van der Waals surface area (Å²) in [6.07, 6.45) is 11.4. The van der Waals surface area contributed by atoms with Crippen molar-refractivity contribution in [3.63, 3.8) is 0 Å². The molecule has 3 atom stereocenters. The summed E-state index contributed by atoms with van der Waals surface area (Å²) in [6.45, 7) is 3.94. The zero-order valence-electron chi connectivity index (χ0n) is 24.5. The van der Waals surface area contributed by atoms with Crippen molar-refractivity contribution in [3.8, 4) is 11.3 Å². The minimum Gasteiger partial charge on any atom is -0.357 e. The predicted molar refractivity (Wildman–Crippen MR) is 158 cm³/mol. The van der Waals surface area contributed by atoms with E-state index in [2.05, 4.69) is 26.7 Å². The third-order valence-electron chi connectivity index (χ3n) is 9.31. The molecule has 0 spiro atoms. The SMILES string of the molecule is CNC(=O)[C@@H]1C[C@]23CNC(=O)CCCCCCc4cc(-c5cnc(C)cn5)cc5c(C(C)=O)cn(c45)CC(=O)N1[C@@H]2C3. The monoisotopic (exact) mass is 570 g/mol. The van der Waals surface area contributed by atoms with Gasteiger partial charge in [-0.15, -0.1) is 0 Å². The van der Waals surface area contributed by atoms with E-state index in [1.165, 1.54) is 0 Å². The standard InChI is InChI=1S/C32H38N6O4/c1-19-14-35-25(15-34-19)22-10-21-8-6-4-5-7-9-28(40)36-18-32-12-26(31(42)33-3)38(27(32)13-32)29(41)17-37-16-24(20(2)39)23(11-22)30(21)37/h10-11,14-16,26-27H,4-9,12-13,17-18H2,1-3H3,(H,33,42)(H,36,40)/t26-,27+,32-/m0/s1. The van der Waals surface area contributed by atoms with Crippen LogP contribution in [0, 0.1) is 12.3 Å². The number of carbonyl (C=O) groups excluding carboxylic acids is 4. The molecule has 10 heteroatoms. The van der Waals surface area contributed by atoms with E-state index >= 15 is 0 Å². The molecule has 3 aliphatic rings. The number of rotatable bonds is 3. The van der Waals surface area contributed by atoms with Gasteiger partial charge in [0.05, 0.1) is 23.1 Å². The molecule has 220 valence electrons. The van der Waals surface area contributed by atoms with Crippen LogP contribution in [0.1, 0.15) is 73.5 Å². The molecule has 3 aromatic rings. The topological polar surface area (TPSA) is 126 Å². The molecular weight excluding hydrogens is 532 g/mol. The highest BCUT2D eigenvalue weighted by atomic mass is 16.2. The van der Waals surface area contributed by atoms with Crippen LogP contribution in [-0.2, 0) is 27.3 Å². The molecule has 4 heterocycles. The second-order valence-corrected chi connectivity index (χ2v) is 12.2. The molecule has 2 fully saturated rings. The van der Waals surface area contributed by atoms with Gasteiger partial charge in [0.2, 0.25) is 17.7 Å². The maximum Gasteiger partial charge on any atom is 0.243 e. The number of Topliss-reactive ketones (excluding diaryl/α,β-unsaturated/α-hetero) is 1. The predicted octanol–water partition coefficient (Wildman–Crippen LogP) is 3.34. The molecule has 42 heavy (non-hydrogen) atoms. The fourth-order valence-electron chi connectivity index (χ4n) is 6.99. The normalized spacial score (nSPS) is 24.6. The first-order valence-electron chi connectivity index (χ1n) is 15.0. The number of piperidine rings is 1. The molecule has 1 aliphatic carbocycles. The van der Waals surface area contributed by atoms with Crippen molar-refractivity contribution >= 4 is 34.4 Å². The van der Waals surface area contributed by atoms with Crippen LogP contribution >= 0.6 is 0 Å². The van der Waals surface area contributed by atoms with Crippen LogP contribution in [0.4, 0.5) is 0 Å². The van der Waals surface area contributed by atoms with E-state index < -0.39 is 6.04 Å². The summed E-state index contributed by atoms with van der Waals surface area (Å²) in [7, 11) is 1.59. The van der Waals surface area contributed by atoms with Gasteiger partial charge in [-0.2, -0.15) is 0 Å². The number of likely N-dealkylation sites (N-methyl/N-ethyl adjacent to an activating group) is 1. The summed E-state index contributed by atoms with van der Waals surface area (Å²) in [5.41, 5.74) is 4.62. The average molecular weight is 571 g/mol. The van der Waals surface area contributed by atoms with Crippen LogP contribution in [0.2, 0.25) is 0 Å². The number of aryl methyl sites for hydroxylation is 2. The van der Waals surface area contributed by atoms with Crippen LogP contribution < -0.4 is 10.6 Å². The summed E-state index contributed by atoms with van der Waals surface area (Å²) in [5, 5.41) is 6.61. The van der Waals surface area contributed by atoms with Crippen molar-refractivity contribution in [2.45, 2.75) is 83.8 Å². The van der Waals surface area contributed by atoms with Crippen molar-refractivity contribution in [3.05, 3.63) is 47.5 Å². The first-order chi connectivity index (χ1) is 20.2. The molecule has 2 bridgehead atoms. The van der Waals surface area contributed by atoms with E-state index in [0.29, 0.717) is 24.9 Å². The van der Waals surface area contributed by atoms with E-state index in [1.54, 1.807) is 37.5 Å². The number of aromatic nitrogens is 3. The molecule has 6 rings (SSSR count). The molecule has 1 aromatic carbocycles. The molecule has 0 unspecified atom stereocenters. The maximum absolute atomic E-state index is 14.0. The first-order valence-corrected chi connectivity index (χ1v) is 15.0. The highest BCUT2D eigenvalue weighted by Gasteiger charge is 2.66. The molecule has 10 nitrogen and oxygen atoms in total. The minimum absolute atomic E-state index is 0.0207. The Balaban J connectivity index is 1.44. The number of nitrogens with one attached hydrogen (secondary N) is 2. The number of hydrogen-bond acceptors (Lipinski definition) is 6. The third-order valence-corrected chi connectivity index (χ3v) is 9.31. The van der Waals surface area contributed by atoms with Gasteiger partial charge in [-0.3, -0.25) is 29.1 Å². The number of amides is 3. The number of hydrogen-bond donors (Lipinski definition) is 2. The third kappa shape index (κ3) is 5.07. The highest BCUT2D eigenvalue weighted by molar-refractivity contribution is 6.09. The molecule has 2 N–H and O–H groups in total. The summed E-state index contributed by atoms with van der Waals surface area (Å²) >= 11 is 0. The van der Waals surface area contributed by atoms with Crippen molar-refractivity contribution in [1.29, 1.82) is 0 Å². The first kappa shape index (κ1) is 28.1. The second kappa shape index (κ2) is 11.0. The van der Waals surface area contributed by atoms with E-state index in [4.69, 9.17) is 0 Å². The molecule has 1 saturated carbocycles. The molecule has 3 amide bonds. The van der Waals surface area contributed by atoms with Gasteiger partial charge in [-0.25, -0.2) is 0 Å².